The minimum atomic E-state index is -0.270. The molecule has 8 heteroatoms. The van der Waals surface area contributed by atoms with E-state index in [0.29, 0.717) is 38.8 Å². The molecule has 164 valence electrons. The molecular weight excluding hydrogens is 428 g/mol. The number of ether oxygens (including phenoxy) is 1. The number of nitrogens with zero attached hydrogens (tertiary/aromatic N) is 3. The SMILES string of the molecule is COc1cc(-n2cccc2)c(Cl)cc1C(=O)N(Cc1nc2ccccc2c(=O)[nH]1)C(C)C. The van der Waals surface area contributed by atoms with Crippen molar-refractivity contribution in [2.75, 3.05) is 7.11 Å². The predicted octanol–water partition coefficient (Wildman–Crippen LogP) is 4.43. The van der Waals surface area contributed by atoms with Gasteiger partial charge < -0.3 is 19.2 Å². The maximum absolute atomic E-state index is 13.5. The van der Waals surface area contributed by atoms with Crippen molar-refractivity contribution >= 4 is 28.4 Å². The molecule has 0 bridgehead atoms. The molecule has 0 aliphatic heterocycles. The van der Waals surface area contributed by atoms with E-state index in [-0.39, 0.29) is 24.1 Å². The summed E-state index contributed by atoms with van der Waals surface area (Å²) in [5, 5.41) is 0.930. The third kappa shape index (κ3) is 4.11. The standard InChI is InChI=1S/C24H23ClN4O3/c1-15(2)29(14-22-26-19-9-5-4-8-16(19)23(30)27-22)24(31)17-12-18(25)20(13-21(17)32-3)28-10-6-7-11-28/h4-13,15H,14H2,1-3H3,(H,26,27,30). The number of benzene rings is 2. The lowest BCUT2D eigenvalue weighted by molar-refractivity contribution is 0.0681. The monoisotopic (exact) mass is 450 g/mol. The molecule has 0 atom stereocenters. The number of hydrogen-bond acceptors (Lipinski definition) is 4. The number of aromatic amines is 1. The Morgan fingerprint density at radius 3 is 2.59 bits per heavy atom. The number of nitrogens with one attached hydrogen (secondary N) is 1. The second kappa shape index (κ2) is 8.88. The van der Waals surface area contributed by atoms with Crippen LogP contribution in [-0.2, 0) is 6.54 Å². The van der Waals surface area contributed by atoms with Gasteiger partial charge in [0.1, 0.15) is 11.6 Å². The van der Waals surface area contributed by atoms with E-state index in [0.717, 1.165) is 0 Å². The average molecular weight is 451 g/mol. The fourth-order valence-corrected chi connectivity index (χ4v) is 3.85. The quantitative estimate of drug-likeness (QED) is 0.471. The molecule has 2 aromatic carbocycles. The Labute approximate surface area is 190 Å². The molecule has 0 spiro atoms. The summed E-state index contributed by atoms with van der Waals surface area (Å²) >= 11 is 6.52. The molecule has 1 amide bonds. The molecule has 0 radical (unpaired) electrons. The summed E-state index contributed by atoms with van der Waals surface area (Å²) in [4.78, 5) is 34.9. The summed E-state index contributed by atoms with van der Waals surface area (Å²) in [5.41, 5.74) is 1.39. The van der Waals surface area contributed by atoms with E-state index in [4.69, 9.17) is 16.3 Å². The zero-order chi connectivity index (χ0) is 22.8. The number of H-pyrrole nitrogens is 1. The van der Waals surface area contributed by atoms with Crippen LogP contribution in [0.4, 0.5) is 0 Å². The Kier molecular flexibility index (Phi) is 6.01. The maximum Gasteiger partial charge on any atom is 0.258 e. The van der Waals surface area contributed by atoms with Gasteiger partial charge in [0.15, 0.2) is 0 Å². The van der Waals surface area contributed by atoms with Crippen molar-refractivity contribution in [2.45, 2.75) is 26.4 Å². The molecule has 0 unspecified atom stereocenters. The van der Waals surface area contributed by atoms with Gasteiger partial charge in [-0.1, -0.05) is 23.7 Å². The molecule has 32 heavy (non-hydrogen) atoms. The third-order valence-electron chi connectivity index (χ3n) is 5.25. The van der Waals surface area contributed by atoms with Gasteiger partial charge >= 0.3 is 0 Å². The summed E-state index contributed by atoms with van der Waals surface area (Å²) in [6, 6.07) is 14.1. The first-order valence-electron chi connectivity index (χ1n) is 10.2. The number of rotatable bonds is 6. The molecule has 0 aliphatic rings. The minimum absolute atomic E-state index is 0.136. The lowest BCUT2D eigenvalue weighted by atomic mass is 10.1. The van der Waals surface area contributed by atoms with Gasteiger partial charge in [0.2, 0.25) is 0 Å². The highest BCUT2D eigenvalue weighted by Gasteiger charge is 2.25. The normalized spacial score (nSPS) is 11.2. The first kappa shape index (κ1) is 21.6. The molecule has 2 aromatic heterocycles. The van der Waals surface area contributed by atoms with Gasteiger partial charge in [0.05, 0.1) is 40.8 Å². The lowest BCUT2D eigenvalue weighted by Crippen LogP contribution is -2.37. The zero-order valence-corrected chi connectivity index (χ0v) is 18.8. The summed E-state index contributed by atoms with van der Waals surface area (Å²) in [7, 11) is 1.52. The van der Waals surface area contributed by atoms with Gasteiger partial charge in [-0.25, -0.2) is 4.98 Å². The van der Waals surface area contributed by atoms with Gasteiger partial charge in [-0.05, 0) is 44.2 Å². The summed E-state index contributed by atoms with van der Waals surface area (Å²) < 4.78 is 7.37. The van der Waals surface area contributed by atoms with Crippen LogP contribution < -0.4 is 10.3 Å². The molecular formula is C24H23ClN4O3. The Balaban J connectivity index is 1.71. The Hall–Kier alpha value is -3.58. The van der Waals surface area contributed by atoms with E-state index in [1.54, 1.807) is 35.2 Å². The highest BCUT2D eigenvalue weighted by molar-refractivity contribution is 6.33. The first-order valence-corrected chi connectivity index (χ1v) is 10.6. The van der Waals surface area contributed by atoms with Crippen LogP contribution in [0.2, 0.25) is 5.02 Å². The van der Waals surface area contributed by atoms with Crippen LogP contribution in [0.3, 0.4) is 0 Å². The van der Waals surface area contributed by atoms with E-state index >= 15 is 0 Å². The lowest BCUT2D eigenvalue weighted by Gasteiger charge is -2.27. The third-order valence-corrected chi connectivity index (χ3v) is 5.55. The van der Waals surface area contributed by atoms with Gasteiger partial charge in [0, 0.05) is 24.5 Å². The molecule has 4 rings (SSSR count). The minimum Gasteiger partial charge on any atom is -0.496 e. The van der Waals surface area contributed by atoms with E-state index in [2.05, 4.69) is 9.97 Å². The molecule has 0 aliphatic carbocycles. The number of aromatic nitrogens is 3. The van der Waals surface area contributed by atoms with Gasteiger partial charge in [-0.15, -0.1) is 0 Å². The van der Waals surface area contributed by atoms with Crippen molar-refractivity contribution in [3.63, 3.8) is 0 Å². The number of halogens is 1. The van der Waals surface area contributed by atoms with Gasteiger partial charge in [-0.2, -0.15) is 0 Å². The highest BCUT2D eigenvalue weighted by Crippen LogP contribution is 2.31. The Morgan fingerprint density at radius 1 is 1.19 bits per heavy atom. The van der Waals surface area contributed by atoms with Crippen LogP contribution in [0.1, 0.15) is 30.0 Å². The van der Waals surface area contributed by atoms with Crippen LogP contribution in [0, 0.1) is 0 Å². The zero-order valence-electron chi connectivity index (χ0n) is 18.0. The average Bonchev–Trinajstić information content (AvgIpc) is 3.31. The summed E-state index contributed by atoms with van der Waals surface area (Å²) in [6.45, 7) is 3.94. The van der Waals surface area contributed by atoms with E-state index < -0.39 is 0 Å². The Morgan fingerprint density at radius 2 is 1.91 bits per heavy atom. The van der Waals surface area contributed by atoms with Crippen LogP contribution in [0.25, 0.3) is 16.6 Å². The molecule has 0 fully saturated rings. The van der Waals surface area contributed by atoms with Crippen LogP contribution in [0.5, 0.6) is 5.75 Å². The van der Waals surface area contributed by atoms with Crippen molar-refractivity contribution in [1.82, 2.24) is 19.4 Å². The maximum atomic E-state index is 13.5. The topological polar surface area (TPSA) is 80.2 Å². The molecule has 1 N–H and O–H groups in total. The van der Waals surface area contributed by atoms with Crippen LogP contribution in [0.15, 0.2) is 65.7 Å². The largest absolute Gasteiger partial charge is 0.496 e. The number of hydrogen-bond donors (Lipinski definition) is 1. The second-order valence-corrected chi connectivity index (χ2v) is 8.06. The molecule has 0 saturated carbocycles. The van der Waals surface area contributed by atoms with Crippen molar-refractivity contribution in [1.29, 1.82) is 0 Å². The predicted molar refractivity (Wildman–Crippen MR) is 125 cm³/mol. The molecule has 7 nitrogen and oxygen atoms in total. The first-order chi connectivity index (χ1) is 15.4. The highest BCUT2D eigenvalue weighted by atomic mass is 35.5. The molecule has 2 heterocycles. The second-order valence-electron chi connectivity index (χ2n) is 7.65. The van der Waals surface area contributed by atoms with Gasteiger partial charge in [0.25, 0.3) is 11.5 Å². The van der Waals surface area contributed by atoms with Gasteiger partial charge in [-0.3, -0.25) is 9.59 Å². The molecule has 4 aromatic rings. The summed E-state index contributed by atoms with van der Waals surface area (Å²) in [6.07, 6.45) is 3.73. The Bertz CT molecular complexity index is 1330. The smallest absolute Gasteiger partial charge is 0.258 e. The summed E-state index contributed by atoms with van der Waals surface area (Å²) in [5.74, 6) is 0.548. The number of amides is 1. The number of carbonyl (C=O) groups excluding carboxylic acids is 1. The van der Waals surface area contributed by atoms with Crippen molar-refractivity contribution < 1.29 is 9.53 Å². The van der Waals surface area contributed by atoms with E-state index in [9.17, 15) is 9.59 Å². The van der Waals surface area contributed by atoms with E-state index in [1.807, 2.05) is 49.0 Å². The fourth-order valence-electron chi connectivity index (χ4n) is 3.59. The van der Waals surface area contributed by atoms with Crippen molar-refractivity contribution in [2.24, 2.45) is 0 Å². The van der Waals surface area contributed by atoms with Crippen molar-refractivity contribution in [3.05, 3.63) is 87.7 Å². The van der Waals surface area contributed by atoms with Crippen LogP contribution >= 0.6 is 11.6 Å². The number of methoxy groups -OCH3 is 1. The fraction of sp³-hybridized carbons (Fsp3) is 0.208. The number of para-hydroxylation sites is 1. The van der Waals surface area contributed by atoms with Crippen LogP contribution in [-0.4, -0.2) is 38.5 Å². The number of fused-ring (bicyclic) bond motifs is 1. The molecule has 0 saturated heterocycles. The van der Waals surface area contributed by atoms with E-state index in [1.165, 1.54) is 7.11 Å². The number of carbonyl (C=O) groups is 1. The van der Waals surface area contributed by atoms with Crippen molar-refractivity contribution in [3.8, 4) is 11.4 Å².